The predicted octanol–water partition coefficient (Wildman–Crippen LogP) is 2.04. The van der Waals surface area contributed by atoms with Gasteiger partial charge in [-0.15, -0.1) is 0 Å². The van der Waals surface area contributed by atoms with Crippen LogP contribution in [0, 0.1) is 0 Å². The second-order valence-electron chi connectivity index (χ2n) is 4.15. The van der Waals surface area contributed by atoms with Crippen LogP contribution < -0.4 is 4.90 Å². The van der Waals surface area contributed by atoms with Crippen molar-refractivity contribution in [2.45, 2.75) is 26.2 Å². The fourth-order valence-corrected chi connectivity index (χ4v) is 1.07. The summed E-state index contributed by atoms with van der Waals surface area (Å²) in [5, 5.41) is 0. The minimum atomic E-state index is 0.0239. The van der Waals surface area contributed by atoms with Gasteiger partial charge in [-0.05, 0) is 0 Å². The minimum absolute atomic E-state index is 0.0239. The Morgan fingerprint density at radius 1 is 1.33 bits per heavy atom. The molecule has 1 aromatic heterocycles. The number of anilines is 1. The van der Waals surface area contributed by atoms with E-state index in [1.54, 1.807) is 0 Å². The second kappa shape index (κ2) is 2.81. The monoisotopic (exact) mass is 168 g/mol. The van der Waals surface area contributed by atoms with Crippen molar-refractivity contribution < 1.29 is 4.42 Å². The molecule has 0 spiro atoms. The highest BCUT2D eigenvalue weighted by atomic mass is 16.3. The maximum atomic E-state index is 5.34. The third kappa shape index (κ3) is 1.60. The molecule has 0 aliphatic rings. The average molecular weight is 168 g/mol. The third-order valence-electron chi connectivity index (χ3n) is 1.65. The van der Waals surface area contributed by atoms with Crippen LogP contribution in [0.3, 0.4) is 0 Å². The summed E-state index contributed by atoms with van der Waals surface area (Å²) in [5.41, 5.74) is 0.0239. The Labute approximate surface area is 73.4 Å². The van der Waals surface area contributed by atoms with E-state index in [0.717, 1.165) is 11.6 Å². The Balaban J connectivity index is 3.08. The van der Waals surface area contributed by atoms with Gasteiger partial charge in [-0.3, -0.25) is 0 Å². The van der Waals surface area contributed by atoms with Crippen LogP contribution in [0.25, 0.3) is 0 Å². The quantitative estimate of drug-likeness (QED) is 0.642. The van der Waals surface area contributed by atoms with E-state index in [-0.39, 0.29) is 5.41 Å². The molecule has 3 heteroatoms. The smallest absolute Gasteiger partial charge is 0.183 e. The molecule has 68 valence electrons. The summed E-state index contributed by atoms with van der Waals surface area (Å²) in [5.74, 6) is 1.86. The molecule has 0 bridgehead atoms. The van der Waals surface area contributed by atoms with Crippen LogP contribution in [0.2, 0.25) is 0 Å². The lowest BCUT2D eigenvalue weighted by molar-refractivity contribution is 0.408. The summed E-state index contributed by atoms with van der Waals surface area (Å²) in [4.78, 5) is 6.10. The topological polar surface area (TPSA) is 29.3 Å². The standard InChI is InChI=1S/C9H16N2O/c1-9(2,3)7-8(11(4)5)10-6-12-7/h6H,1-5H3. The number of nitrogens with zero attached hydrogens (tertiary/aromatic N) is 2. The molecule has 1 rings (SSSR count). The molecule has 0 unspecified atom stereocenters. The Morgan fingerprint density at radius 2 is 1.92 bits per heavy atom. The van der Waals surface area contributed by atoms with Gasteiger partial charge in [-0.25, -0.2) is 0 Å². The van der Waals surface area contributed by atoms with Crippen molar-refractivity contribution in [2.75, 3.05) is 19.0 Å². The van der Waals surface area contributed by atoms with Crippen LogP contribution in [0.5, 0.6) is 0 Å². The maximum absolute atomic E-state index is 5.34. The predicted molar refractivity (Wildman–Crippen MR) is 49.5 cm³/mol. The van der Waals surface area contributed by atoms with E-state index >= 15 is 0 Å². The second-order valence-corrected chi connectivity index (χ2v) is 4.15. The summed E-state index contributed by atoms with van der Waals surface area (Å²) < 4.78 is 5.34. The van der Waals surface area contributed by atoms with Crippen molar-refractivity contribution in [2.24, 2.45) is 0 Å². The summed E-state index contributed by atoms with van der Waals surface area (Å²) in [6, 6.07) is 0. The van der Waals surface area contributed by atoms with Crippen molar-refractivity contribution in [1.82, 2.24) is 4.98 Å². The molecule has 0 saturated heterocycles. The number of aromatic nitrogens is 1. The highest BCUT2D eigenvalue weighted by Crippen LogP contribution is 2.29. The molecule has 12 heavy (non-hydrogen) atoms. The molecular formula is C9H16N2O. The van der Waals surface area contributed by atoms with Crippen LogP contribution in [-0.2, 0) is 5.41 Å². The van der Waals surface area contributed by atoms with Crippen molar-refractivity contribution in [1.29, 1.82) is 0 Å². The number of rotatable bonds is 1. The summed E-state index contributed by atoms with van der Waals surface area (Å²) >= 11 is 0. The van der Waals surface area contributed by atoms with Crippen molar-refractivity contribution >= 4 is 5.82 Å². The molecule has 0 amide bonds. The Hall–Kier alpha value is -0.990. The van der Waals surface area contributed by atoms with E-state index in [0.29, 0.717) is 0 Å². The lowest BCUT2D eigenvalue weighted by Crippen LogP contribution is -2.18. The zero-order valence-electron chi connectivity index (χ0n) is 8.38. The molecule has 0 fully saturated rings. The van der Waals surface area contributed by atoms with Crippen LogP contribution in [0.1, 0.15) is 26.5 Å². The van der Waals surface area contributed by atoms with Gasteiger partial charge in [-0.2, -0.15) is 4.98 Å². The van der Waals surface area contributed by atoms with Gasteiger partial charge in [0.2, 0.25) is 0 Å². The molecule has 3 nitrogen and oxygen atoms in total. The molecule has 0 N–H and O–H groups in total. The normalized spacial score (nSPS) is 11.8. The van der Waals surface area contributed by atoms with E-state index in [1.165, 1.54) is 6.39 Å². The van der Waals surface area contributed by atoms with Gasteiger partial charge in [0, 0.05) is 19.5 Å². The lowest BCUT2D eigenvalue weighted by atomic mass is 9.93. The Morgan fingerprint density at radius 3 is 2.25 bits per heavy atom. The summed E-state index contributed by atoms with van der Waals surface area (Å²) in [6.07, 6.45) is 1.50. The fraction of sp³-hybridized carbons (Fsp3) is 0.667. The molecule has 0 aliphatic heterocycles. The first kappa shape index (κ1) is 9.10. The van der Waals surface area contributed by atoms with Crippen molar-refractivity contribution in [3.8, 4) is 0 Å². The SMILES string of the molecule is CN(C)c1ncoc1C(C)(C)C. The van der Waals surface area contributed by atoms with Crippen molar-refractivity contribution in [3.05, 3.63) is 12.2 Å². The van der Waals surface area contributed by atoms with E-state index in [1.807, 2.05) is 19.0 Å². The van der Waals surface area contributed by atoms with E-state index < -0.39 is 0 Å². The van der Waals surface area contributed by atoms with E-state index in [9.17, 15) is 0 Å². The zero-order valence-corrected chi connectivity index (χ0v) is 8.38. The zero-order chi connectivity index (χ0) is 9.35. The molecule has 0 aromatic carbocycles. The number of hydrogen-bond donors (Lipinski definition) is 0. The highest BCUT2D eigenvalue weighted by Gasteiger charge is 2.23. The fourth-order valence-electron chi connectivity index (χ4n) is 1.07. The summed E-state index contributed by atoms with van der Waals surface area (Å²) in [7, 11) is 3.93. The van der Waals surface area contributed by atoms with Gasteiger partial charge in [0.1, 0.15) is 0 Å². The largest absolute Gasteiger partial charge is 0.446 e. The first-order valence-electron chi connectivity index (χ1n) is 4.04. The molecule has 0 saturated carbocycles. The van der Waals surface area contributed by atoms with E-state index in [4.69, 9.17) is 4.42 Å². The van der Waals surface area contributed by atoms with Crippen LogP contribution in [0.15, 0.2) is 10.8 Å². The number of hydrogen-bond acceptors (Lipinski definition) is 3. The van der Waals surface area contributed by atoms with E-state index in [2.05, 4.69) is 25.8 Å². The lowest BCUT2D eigenvalue weighted by Gasteiger charge is -2.19. The summed E-state index contributed by atoms with van der Waals surface area (Å²) in [6.45, 7) is 6.33. The molecular weight excluding hydrogens is 152 g/mol. The average Bonchev–Trinajstić information content (AvgIpc) is 2.30. The van der Waals surface area contributed by atoms with Crippen molar-refractivity contribution in [3.63, 3.8) is 0 Å². The molecule has 0 aliphatic carbocycles. The molecule has 1 heterocycles. The van der Waals surface area contributed by atoms with Crippen LogP contribution in [0.4, 0.5) is 5.82 Å². The third-order valence-corrected chi connectivity index (χ3v) is 1.65. The first-order valence-corrected chi connectivity index (χ1v) is 4.04. The molecule has 1 aromatic rings. The van der Waals surface area contributed by atoms with Crippen LogP contribution >= 0.6 is 0 Å². The van der Waals surface area contributed by atoms with Gasteiger partial charge in [-0.1, -0.05) is 20.8 Å². The molecule has 0 atom stereocenters. The van der Waals surface area contributed by atoms with Gasteiger partial charge in [0.05, 0.1) is 0 Å². The van der Waals surface area contributed by atoms with Crippen LogP contribution in [-0.4, -0.2) is 19.1 Å². The van der Waals surface area contributed by atoms with Gasteiger partial charge in [0.15, 0.2) is 18.0 Å². The van der Waals surface area contributed by atoms with Gasteiger partial charge >= 0.3 is 0 Å². The molecule has 0 radical (unpaired) electrons. The first-order chi connectivity index (χ1) is 5.43. The van der Waals surface area contributed by atoms with Gasteiger partial charge in [0.25, 0.3) is 0 Å². The van der Waals surface area contributed by atoms with Gasteiger partial charge < -0.3 is 9.32 Å². The Bertz CT molecular complexity index is 258. The minimum Gasteiger partial charge on any atom is -0.446 e. The number of oxazole rings is 1. The highest BCUT2D eigenvalue weighted by molar-refractivity contribution is 5.43. The Kier molecular flexibility index (Phi) is 2.13. The maximum Gasteiger partial charge on any atom is 0.183 e.